The lowest BCUT2D eigenvalue weighted by Gasteiger charge is -2.29. The Balaban J connectivity index is 2.39. The first kappa shape index (κ1) is 20.4. The minimum atomic E-state index is -0.608. The van der Waals surface area contributed by atoms with Crippen molar-refractivity contribution in [2.75, 3.05) is 26.6 Å². The lowest BCUT2D eigenvalue weighted by molar-refractivity contribution is -0.136. The van der Waals surface area contributed by atoms with Gasteiger partial charge in [-0.2, -0.15) is 5.10 Å². The third-order valence-electron chi connectivity index (χ3n) is 5.11. The van der Waals surface area contributed by atoms with E-state index in [4.69, 9.17) is 14.2 Å². The van der Waals surface area contributed by atoms with Crippen LogP contribution in [0.2, 0.25) is 0 Å². The molecule has 29 heavy (non-hydrogen) atoms. The molecule has 1 aliphatic rings. The molecular weight excluding hydrogens is 374 g/mol. The van der Waals surface area contributed by atoms with Crippen LogP contribution in [0.3, 0.4) is 0 Å². The van der Waals surface area contributed by atoms with Gasteiger partial charge < -0.3 is 19.5 Å². The van der Waals surface area contributed by atoms with Crippen LogP contribution in [-0.4, -0.2) is 42.9 Å². The number of ketones is 1. The molecule has 0 saturated carbocycles. The summed E-state index contributed by atoms with van der Waals surface area (Å²) < 4.78 is 17.8. The van der Waals surface area contributed by atoms with Crippen molar-refractivity contribution >= 4 is 17.6 Å². The normalized spacial score (nSPS) is 15.4. The topological polar surface area (TPSA) is 91.7 Å². The molecule has 8 nitrogen and oxygen atoms in total. The van der Waals surface area contributed by atoms with Crippen LogP contribution >= 0.6 is 0 Å². The molecule has 0 bridgehead atoms. The van der Waals surface area contributed by atoms with E-state index < -0.39 is 11.9 Å². The molecule has 154 valence electrons. The average Bonchev–Trinajstić information content (AvgIpc) is 3.06. The summed E-state index contributed by atoms with van der Waals surface area (Å²) in [5.41, 5.74) is 2.65. The van der Waals surface area contributed by atoms with Gasteiger partial charge in [0.15, 0.2) is 17.3 Å². The van der Waals surface area contributed by atoms with E-state index in [0.29, 0.717) is 51.8 Å². The number of fused-ring (bicyclic) bond motifs is 1. The summed E-state index contributed by atoms with van der Waals surface area (Å²) in [4.78, 5) is 25.5. The average molecular weight is 399 g/mol. The SMILES string of the molecule is CCC(=O)c1nn(C)c2c1C(c1cccc(OC)c1OC)C(C(=O)OC)=C(C)N2. The molecule has 0 amide bonds. The number of carbonyl (C=O) groups is 2. The van der Waals surface area contributed by atoms with Gasteiger partial charge in [0.1, 0.15) is 11.5 Å². The van der Waals surface area contributed by atoms with Crippen LogP contribution in [0.5, 0.6) is 11.5 Å². The molecule has 1 aromatic heterocycles. The number of allylic oxidation sites excluding steroid dienone is 1. The maximum Gasteiger partial charge on any atom is 0.336 e. The fourth-order valence-electron chi connectivity index (χ4n) is 3.77. The Labute approximate surface area is 169 Å². The summed E-state index contributed by atoms with van der Waals surface area (Å²) in [7, 11) is 6.18. The number of para-hydroxylation sites is 1. The van der Waals surface area contributed by atoms with E-state index in [0.717, 1.165) is 0 Å². The Hall–Kier alpha value is -3.29. The fourth-order valence-corrected chi connectivity index (χ4v) is 3.77. The number of ether oxygens (including phenoxy) is 3. The Kier molecular flexibility index (Phi) is 5.63. The maximum atomic E-state index is 12.8. The smallest absolute Gasteiger partial charge is 0.336 e. The number of esters is 1. The van der Waals surface area contributed by atoms with Crippen LogP contribution in [0.15, 0.2) is 29.5 Å². The zero-order valence-corrected chi connectivity index (χ0v) is 17.5. The van der Waals surface area contributed by atoms with Gasteiger partial charge in [0.2, 0.25) is 0 Å². The first-order valence-corrected chi connectivity index (χ1v) is 9.26. The molecule has 3 rings (SSSR count). The molecular formula is C21H25N3O5. The van der Waals surface area contributed by atoms with Crippen molar-refractivity contribution in [2.45, 2.75) is 26.2 Å². The van der Waals surface area contributed by atoms with Crippen LogP contribution in [0.1, 0.15) is 47.8 Å². The quantitative estimate of drug-likeness (QED) is 0.590. The maximum absolute atomic E-state index is 12.8. The molecule has 0 radical (unpaired) electrons. The predicted octanol–water partition coefficient (Wildman–Crippen LogP) is 3.03. The number of hydrogen-bond donors (Lipinski definition) is 1. The highest BCUT2D eigenvalue weighted by atomic mass is 16.5. The molecule has 1 aromatic carbocycles. The summed E-state index contributed by atoms with van der Waals surface area (Å²) in [6.45, 7) is 3.58. The summed E-state index contributed by atoms with van der Waals surface area (Å²) >= 11 is 0. The molecule has 1 unspecified atom stereocenters. The first-order valence-electron chi connectivity index (χ1n) is 9.26. The number of methoxy groups -OCH3 is 3. The van der Waals surface area contributed by atoms with Crippen molar-refractivity contribution < 1.29 is 23.8 Å². The zero-order chi connectivity index (χ0) is 21.3. The van der Waals surface area contributed by atoms with Crippen LogP contribution in [0.4, 0.5) is 5.82 Å². The van der Waals surface area contributed by atoms with Crippen molar-refractivity contribution in [3.05, 3.63) is 46.3 Å². The van der Waals surface area contributed by atoms with Gasteiger partial charge in [-0.15, -0.1) is 0 Å². The third kappa shape index (κ3) is 3.24. The Bertz CT molecular complexity index is 1010. The molecule has 1 aliphatic heterocycles. The zero-order valence-electron chi connectivity index (χ0n) is 17.5. The summed E-state index contributed by atoms with van der Waals surface area (Å²) in [6, 6.07) is 5.45. The minimum Gasteiger partial charge on any atom is -0.493 e. The molecule has 2 aromatic rings. The number of benzene rings is 1. The summed E-state index contributed by atoms with van der Waals surface area (Å²) in [5, 5.41) is 7.66. The highest BCUT2D eigenvalue weighted by Crippen LogP contribution is 2.48. The Morgan fingerprint density at radius 3 is 2.52 bits per heavy atom. The second-order valence-corrected chi connectivity index (χ2v) is 6.68. The number of hydrogen-bond acceptors (Lipinski definition) is 7. The molecule has 0 saturated heterocycles. The molecule has 2 heterocycles. The van der Waals surface area contributed by atoms with Gasteiger partial charge in [-0.1, -0.05) is 19.1 Å². The van der Waals surface area contributed by atoms with Gasteiger partial charge in [-0.25, -0.2) is 4.79 Å². The Morgan fingerprint density at radius 1 is 1.21 bits per heavy atom. The van der Waals surface area contributed by atoms with Crippen LogP contribution < -0.4 is 14.8 Å². The van der Waals surface area contributed by atoms with E-state index >= 15 is 0 Å². The van der Waals surface area contributed by atoms with E-state index in [9.17, 15) is 9.59 Å². The molecule has 0 fully saturated rings. The second kappa shape index (κ2) is 7.98. The number of carbonyl (C=O) groups excluding carboxylic acids is 2. The van der Waals surface area contributed by atoms with E-state index in [-0.39, 0.29) is 5.78 Å². The number of anilines is 1. The highest BCUT2D eigenvalue weighted by Gasteiger charge is 2.40. The number of nitrogens with one attached hydrogen (secondary N) is 1. The largest absolute Gasteiger partial charge is 0.493 e. The standard InChI is InChI=1S/C21H25N3O5/c1-7-13(25)18-17-16(12-9-8-10-14(27-4)19(12)28-5)15(21(26)29-6)11(2)22-20(17)24(3)23-18/h8-10,16,22H,7H2,1-6H3. The van der Waals surface area contributed by atoms with Gasteiger partial charge in [0, 0.05) is 30.3 Å². The fraction of sp³-hybridized carbons (Fsp3) is 0.381. The number of aryl methyl sites for hydroxylation is 1. The van der Waals surface area contributed by atoms with Gasteiger partial charge in [0.25, 0.3) is 0 Å². The highest BCUT2D eigenvalue weighted by molar-refractivity contribution is 6.01. The predicted molar refractivity (Wildman–Crippen MR) is 108 cm³/mol. The molecule has 1 atom stereocenters. The number of nitrogens with zero attached hydrogens (tertiary/aromatic N) is 2. The van der Waals surface area contributed by atoms with E-state index in [1.807, 2.05) is 12.1 Å². The first-order chi connectivity index (χ1) is 13.9. The summed E-state index contributed by atoms with van der Waals surface area (Å²) in [6.07, 6.45) is 0.293. The minimum absolute atomic E-state index is 0.112. The lowest BCUT2D eigenvalue weighted by Crippen LogP contribution is -2.25. The number of aromatic nitrogens is 2. The van der Waals surface area contributed by atoms with Crippen molar-refractivity contribution in [1.29, 1.82) is 0 Å². The lowest BCUT2D eigenvalue weighted by atomic mass is 9.80. The van der Waals surface area contributed by atoms with E-state index in [1.54, 1.807) is 45.9 Å². The second-order valence-electron chi connectivity index (χ2n) is 6.68. The number of Topliss-reactive ketones (excluding diaryl/α,β-unsaturated/α-hetero) is 1. The van der Waals surface area contributed by atoms with Gasteiger partial charge in [-0.05, 0) is 13.0 Å². The van der Waals surface area contributed by atoms with Crippen LogP contribution in [0.25, 0.3) is 0 Å². The van der Waals surface area contributed by atoms with Crippen molar-refractivity contribution in [3.63, 3.8) is 0 Å². The van der Waals surface area contributed by atoms with E-state index in [1.165, 1.54) is 7.11 Å². The molecule has 8 heteroatoms. The summed E-state index contributed by atoms with van der Waals surface area (Å²) in [5.74, 6) is 0.457. The molecule has 1 N–H and O–H groups in total. The van der Waals surface area contributed by atoms with E-state index in [2.05, 4.69) is 10.4 Å². The van der Waals surface area contributed by atoms with Gasteiger partial charge in [0.05, 0.1) is 32.8 Å². The van der Waals surface area contributed by atoms with Crippen LogP contribution in [0, 0.1) is 0 Å². The molecule has 0 spiro atoms. The number of rotatable bonds is 6. The van der Waals surface area contributed by atoms with Gasteiger partial charge >= 0.3 is 5.97 Å². The third-order valence-corrected chi connectivity index (χ3v) is 5.11. The van der Waals surface area contributed by atoms with Crippen molar-refractivity contribution in [2.24, 2.45) is 7.05 Å². The van der Waals surface area contributed by atoms with Gasteiger partial charge in [-0.3, -0.25) is 9.48 Å². The van der Waals surface area contributed by atoms with Crippen LogP contribution in [-0.2, 0) is 16.6 Å². The van der Waals surface area contributed by atoms with Crippen molar-refractivity contribution in [3.8, 4) is 11.5 Å². The molecule has 0 aliphatic carbocycles. The Morgan fingerprint density at radius 2 is 1.93 bits per heavy atom. The monoisotopic (exact) mass is 399 g/mol. The van der Waals surface area contributed by atoms with Crippen molar-refractivity contribution in [1.82, 2.24) is 9.78 Å².